The highest BCUT2D eigenvalue weighted by molar-refractivity contribution is 5.27. The molecule has 2 aromatic rings. The summed E-state index contributed by atoms with van der Waals surface area (Å²) >= 11 is 0. The fraction of sp³-hybridized carbons (Fsp3) is 0.412. The van der Waals surface area contributed by atoms with E-state index in [-0.39, 0.29) is 0 Å². The highest BCUT2D eigenvalue weighted by Gasteiger charge is 2.06. The molecule has 0 fully saturated rings. The van der Waals surface area contributed by atoms with Crippen LogP contribution in [-0.2, 0) is 24.5 Å². The lowest BCUT2D eigenvalue weighted by atomic mass is 10.2. The van der Waals surface area contributed by atoms with Gasteiger partial charge in [0.25, 0.3) is 0 Å². The van der Waals surface area contributed by atoms with E-state index in [1.807, 2.05) is 30.3 Å². The van der Waals surface area contributed by atoms with Crippen LogP contribution in [-0.4, -0.2) is 13.7 Å². The van der Waals surface area contributed by atoms with Crippen molar-refractivity contribution in [2.24, 2.45) is 0 Å². The SMILES string of the molecule is CCCNCc1ccoc1COCc1cccc(OC)c1. The molecule has 0 aliphatic rings. The number of hydrogen-bond acceptors (Lipinski definition) is 4. The summed E-state index contributed by atoms with van der Waals surface area (Å²) in [6.45, 7) is 5.01. The van der Waals surface area contributed by atoms with Gasteiger partial charge < -0.3 is 19.2 Å². The Labute approximate surface area is 126 Å². The lowest BCUT2D eigenvalue weighted by Gasteiger charge is -2.07. The molecule has 4 heteroatoms. The number of methoxy groups -OCH3 is 1. The molecule has 0 aliphatic carbocycles. The molecule has 1 aromatic carbocycles. The van der Waals surface area contributed by atoms with Crippen LogP contribution in [0.15, 0.2) is 41.0 Å². The van der Waals surface area contributed by atoms with Gasteiger partial charge in [0, 0.05) is 12.1 Å². The first-order valence-corrected chi connectivity index (χ1v) is 7.30. The number of rotatable bonds is 9. The maximum absolute atomic E-state index is 5.73. The van der Waals surface area contributed by atoms with Gasteiger partial charge in [-0.3, -0.25) is 0 Å². The molecule has 0 radical (unpaired) electrons. The van der Waals surface area contributed by atoms with Crippen LogP contribution in [0.1, 0.15) is 30.2 Å². The molecular formula is C17H23NO3. The molecule has 4 nitrogen and oxygen atoms in total. The summed E-state index contributed by atoms with van der Waals surface area (Å²) < 4.78 is 16.4. The lowest BCUT2D eigenvalue weighted by molar-refractivity contribution is 0.0920. The number of ether oxygens (including phenoxy) is 2. The van der Waals surface area contributed by atoms with Crippen molar-refractivity contribution >= 4 is 0 Å². The zero-order valence-electron chi connectivity index (χ0n) is 12.7. The maximum Gasteiger partial charge on any atom is 0.133 e. The van der Waals surface area contributed by atoms with E-state index >= 15 is 0 Å². The van der Waals surface area contributed by atoms with E-state index in [1.54, 1.807) is 13.4 Å². The van der Waals surface area contributed by atoms with Crippen LogP contribution < -0.4 is 10.1 Å². The third kappa shape index (κ3) is 4.92. The third-order valence-electron chi connectivity index (χ3n) is 3.22. The van der Waals surface area contributed by atoms with Gasteiger partial charge in [0.15, 0.2) is 0 Å². The molecule has 2 rings (SSSR count). The summed E-state index contributed by atoms with van der Waals surface area (Å²) in [6.07, 6.45) is 2.84. The van der Waals surface area contributed by atoms with E-state index in [9.17, 15) is 0 Å². The number of nitrogens with one attached hydrogen (secondary N) is 1. The zero-order valence-corrected chi connectivity index (χ0v) is 12.7. The van der Waals surface area contributed by atoms with Gasteiger partial charge in [-0.25, -0.2) is 0 Å². The first kappa shape index (κ1) is 15.6. The highest BCUT2D eigenvalue weighted by atomic mass is 16.5. The summed E-state index contributed by atoms with van der Waals surface area (Å²) in [4.78, 5) is 0. The molecule has 1 N–H and O–H groups in total. The molecule has 0 spiro atoms. The minimum atomic E-state index is 0.480. The quantitative estimate of drug-likeness (QED) is 0.717. The smallest absolute Gasteiger partial charge is 0.133 e. The molecule has 0 unspecified atom stereocenters. The third-order valence-corrected chi connectivity index (χ3v) is 3.22. The molecule has 0 bridgehead atoms. The second-order valence-corrected chi connectivity index (χ2v) is 4.89. The molecule has 0 saturated carbocycles. The van der Waals surface area contributed by atoms with Gasteiger partial charge in [0.05, 0.1) is 20.0 Å². The van der Waals surface area contributed by atoms with Crippen LogP contribution in [0.4, 0.5) is 0 Å². The molecule has 0 atom stereocenters. The Balaban J connectivity index is 1.81. The van der Waals surface area contributed by atoms with Gasteiger partial charge in [0.1, 0.15) is 18.1 Å². The molecule has 21 heavy (non-hydrogen) atoms. The molecule has 1 heterocycles. The van der Waals surface area contributed by atoms with Crippen molar-refractivity contribution in [2.75, 3.05) is 13.7 Å². The van der Waals surface area contributed by atoms with E-state index in [2.05, 4.69) is 12.2 Å². The Morgan fingerprint density at radius 2 is 2.10 bits per heavy atom. The molecule has 1 aromatic heterocycles. The lowest BCUT2D eigenvalue weighted by Crippen LogP contribution is -2.14. The molecular weight excluding hydrogens is 266 g/mol. The van der Waals surface area contributed by atoms with Gasteiger partial charge in [-0.15, -0.1) is 0 Å². The van der Waals surface area contributed by atoms with Gasteiger partial charge in [-0.2, -0.15) is 0 Å². The second kappa shape index (κ2) is 8.49. The Bertz CT molecular complexity index is 536. The van der Waals surface area contributed by atoms with Crippen molar-refractivity contribution in [2.45, 2.75) is 33.1 Å². The summed E-state index contributed by atoms with van der Waals surface area (Å²) in [5.41, 5.74) is 2.25. The minimum Gasteiger partial charge on any atom is -0.497 e. The van der Waals surface area contributed by atoms with E-state index in [0.717, 1.165) is 42.1 Å². The van der Waals surface area contributed by atoms with Crippen molar-refractivity contribution in [1.82, 2.24) is 5.32 Å². The van der Waals surface area contributed by atoms with Crippen molar-refractivity contribution in [1.29, 1.82) is 0 Å². The first-order valence-electron chi connectivity index (χ1n) is 7.30. The normalized spacial score (nSPS) is 10.8. The van der Waals surface area contributed by atoms with E-state index < -0.39 is 0 Å². The van der Waals surface area contributed by atoms with Gasteiger partial charge in [0.2, 0.25) is 0 Å². The predicted octanol–water partition coefficient (Wildman–Crippen LogP) is 3.50. The standard InChI is InChI=1S/C17H23NO3/c1-3-8-18-11-15-7-9-21-17(15)13-20-12-14-5-4-6-16(10-14)19-2/h4-7,9-10,18H,3,8,11-13H2,1-2H3. The molecule has 0 aliphatic heterocycles. The summed E-state index contributed by atoms with van der Waals surface area (Å²) in [5.74, 6) is 1.74. The fourth-order valence-corrected chi connectivity index (χ4v) is 2.07. The maximum atomic E-state index is 5.73. The van der Waals surface area contributed by atoms with Gasteiger partial charge in [-0.1, -0.05) is 19.1 Å². The first-order chi connectivity index (χ1) is 10.3. The second-order valence-electron chi connectivity index (χ2n) is 4.89. The average Bonchev–Trinajstić information content (AvgIpc) is 2.95. The summed E-state index contributed by atoms with van der Waals surface area (Å²) in [6, 6.07) is 9.88. The highest BCUT2D eigenvalue weighted by Crippen LogP contribution is 2.16. The van der Waals surface area contributed by atoms with Crippen LogP contribution in [0.2, 0.25) is 0 Å². The predicted molar refractivity (Wildman–Crippen MR) is 82.2 cm³/mol. The van der Waals surface area contributed by atoms with Crippen LogP contribution in [0, 0.1) is 0 Å². The fourth-order valence-electron chi connectivity index (χ4n) is 2.07. The Hall–Kier alpha value is -1.78. The summed E-state index contributed by atoms with van der Waals surface area (Å²) in [5, 5.41) is 3.37. The topological polar surface area (TPSA) is 43.6 Å². The number of furan rings is 1. The van der Waals surface area contributed by atoms with Crippen LogP contribution in [0.25, 0.3) is 0 Å². The Morgan fingerprint density at radius 1 is 1.19 bits per heavy atom. The van der Waals surface area contributed by atoms with E-state index in [0.29, 0.717) is 13.2 Å². The van der Waals surface area contributed by atoms with Crippen molar-refractivity contribution < 1.29 is 13.9 Å². The van der Waals surface area contributed by atoms with Crippen LogP contribution >= 0.6 is 0 Å². The number of benzene rings is 1. The average molecular weight is 289 g/mol. The van der Waals surface area contributed by atoms with Crippen molar-refractivity contribution in [3.63, 3.8) is 0 Å². The molecule has 0 saturated heterocycles. The molecule has 114 valence electrons. The van der Waals surface area contributed by atoms with Gasteiger partial charge in [-0.05, 0) is 36.7 Å². The van der Waals surface area contributed by atoms with Crippen molar-refractivity contribution in [3.8, 4) is 5.75 Å². The van der Waals surface area contributed by atoms with Crippen LogP contribution in [0.5, 0.6) is 5.75 Å². The van der Waals surface area contributed by atoms with Crippen molar-refractivity contribution in [3.05, 3.63) is 53.5 Å². The monoisotopic (exact) mass is 289 g/mol. The Morgan fingerprint density at radius 3 is 2.90 bits per heavy atom. The van der Waals surface area contributed by atoms with Crippen LogP contribution in [0.3, 0.4) is 0 Å². The summed E-state index contributed by atoms with van der Waals surface area (Å²) in [7, 11) is 1.67. The largest absolute Gasteiger partial charge is 0.497 e. The van der Waals surface area contributed by atoms with E-state index in [4.69, 9.17) is 13.9 Å². The minimum absolute atomic E-state index is 0.480. The number of hydrogen-bond donors (Lipinski definition) is 1. The van der Waals surface area contributed by atoms with E-state index in [1.165, 1.54) is 0 Å². The van der Waals surface area contributed by atoms with Gasteiger partial charge >= 0.3 is 0 Å². The Kier molecular flexibility index (Phi) is 6.31. The molecule has 0 amide bonds. The zero-order chi connectivity index (χ0) is 14.9.